The number of aromatic nitrogens is 3. The zero-order chi connectivity index (χ0) is 18.7. The Balaban J connectivity index is 1.76. The molecule has 1 unspecified atom stereocenters. The number of nitrogens with two attached hydrogens (primary N) is 1. The topological polar surface area (TPSA) is 66.0 Å². The number of alkyl halides is 2. The van der Waals surface area contributed by atoms with E-state index in [1.165, 1.54) is 28.6 Å². The third-order valence-corrected chi connectivity index (χ3v) is 5.44. The van der Waals surface area contributed by atoms with Crippen molar-refractivity contribution in [2.75, 3.05) is 5.84 Å². The van der Waals surface area contributed by atoms with Crippen LogP contribution in [0.25, 0.3) is 11.4 Å². The van der Waals surface area contributed by atoms with E-state index in [1.54, 1.807) is 12.1 Å². The van der Waals surface area contributed by atoms with E-state index >= 15 is 0 Å². The second kappa shape index (κ2) is 8.05. The van der Waals surface area contributed by atoms with Gasteiger partial charge in [0.2, 0.25) is 5.16 Å². The Morgan fingerprint density at radius 2 is 1.81 bits per heavy atom. The summed E-state index contributed by atoms with van der Waals surface area (Å²) in [6.07, 6.45) is 0. The molecule has 5 nitrogen and oxygen atoms in total. The third kappa shape index (κ3) is 4.16. The van der Waals surface area contributed by atoms with Crippen molar-refractivity contribution in [3.05, 3.63) is 58.6 Å². The van der Waals surface area contributed by atoms with Crippen LogP contribution in [-0.4, -0.2) is 21.5 Å². The summed E-state index contributed by atoms with van der Waals surface area (Å²) in [6.45, 7) is -0.861. The molecule has 26 heavy (non-hydrogen) atoms. The molecular formula is C17H15BrF2N4OS. The molecule has 1 heterocycles. The van der Waals surface area contributed by atoms with Crippen LogP contribution in [0, 0.1) is 0 Å². The molecule has 0 radical (unpaired) electrons. The molecule has 0 bridgehead atoms. The molecular weight excluding hydrogens is 426 g/mol. The van der Waals surface area contributed by atoms with Crippen molar-refractivity contribution in [1.82, 2.24) is 14.9 Å². The highest BCUT2D eigenvalue weighted by molar-refractivity contribution is 9.10. The van der Waals surface area contributed by atoms with E-state index < -0.39 is 6.61 Å². The fourth-order valence-electron chi connectivity index (χ4n) is 2.33. The van der Waals surface area contributed by atoms with E-state index in [4.69, 9.17) is 5.84 Å². The van der Waals surface area contributed by atoms with Crippen LogP contribution in [0.1, 0.15) is 17.7 Å². The summed E-state index contributed by atoms with van der Waals surface area (Å²) in [7, 11) is 0. The van der Waals surface area contributed by atoms with Crippen LogP contribution in [0.15, 0.2) is 58.2 Å². The van der Waals surface area contributed by atoms with Gasteiger partial charge in [-0.05, 0) is 36.8 Å². The summed E-state index contributed by atoms with van der Waals surface area (Å²) in [4.78, 5) is 0. The van der Waals surface area contributed by atoms with Gasteiger partial charge in [-0.2, -0.15) is 8.78 Å². The van der Waals surface area contributed by atoms with E-state index in [9.17, 15) is 8.78 Å². The molecule has 3 aromatic rings. The molecule has 0 saturated carbocycles. The van der Waals surface area contributed by atoms with Gasteiger partial charge in [0.25, 0.3) is 0 Å². The van der Waals surface area contributed by atoms with E-state index in [-0.39, 0.29) is 11.0 Å². The Morgan fingerprint density at radius 3 is 2.46 bits per heavy atom. The van der Waals surface area contributed by atoms with Crippen LogP contribution in [-0.2, 0) is 0 Å². The number of hydrogen-bond donors (Lipinski definition) is 1. The fourth-order valence-corrected chi connectivity index (χ4v) is 3.69. The van der Waals surface area contributed by atoms with Crippen molar-refractivity contribution in [3.63, 3.8) is 0 Å². The first-order valence-corrected chi connectivity index (χ1v) is 9.30. The first-order valence-electron chi connectivity index (χ1n) is 7.62. The molecule has 0 fully saturated rings. The van der Waals surface area contributed by atoms with E-state index in [2.05, 4.69) is 30.9 Å². The lowest BCUT2D eigenvalue weighted by Crippen LogP contribution is -2.12. The predicted molar refractivity (Wildman–Crippen MR) is 101 cm³/mol. The number of nitrogens with zero attached hydrogens (tertiary/aromatic N) is 3. The minimum atomic E-state index is -2.83. The van der Waals surface area contributed by atoms with Gasteiger partial charge < -0.3 is 10.6 Å². The monoisotopic (exact) mass is 440 g/mol. The second-order valence-electron chi connectivity index (χ2n) is 5.36. The molecule has 1 aromatic heterocycles. The maximum absolute atomic E-state index is 12.2. The lowest BCUT2D eigenvalue weighted by molar-refractivity contribution is -0.0498. The zero-order valence-corrected chi connectivity index (χ0v) is 16.0. The van der Waals surface area contributed by atoms with Gasteiger partial charge in [-0.15, -0.1) is 10.2 Å². The minimum Gasteiger partial charge on any atom is -0.435 e. The van der Waals surface area contributed by atoms with E-state index in [0.29, 0.717) is 11.0 Å². The van der Waals surface area contributed by atoms with Crippen molar-refractivity contribution in [1.29, 1.82) is 0 Å². The SMILES string of the molecule is CC(Sc1nnc(-c2ccccc2Br)n1N)c1ccc(OC(F)F)cc1. The molecule has 1 atom stereocenters. The largest absolute Gasteiger partial charge is 0.435 e. The van der Waals surface area contributed by atoms with Gasteiger partial charge in [0.05, 0.1) is 0 Å². The number of rotatable bonds is 6. The molecule has 2 aromatic carbocycles. The number of nitrogen functional groups attached to an aromatic ring is 1. The second-order valence-corrected chi connectivity index (χ2v) is 7.53. The smallest absolute Gasteiger partial charge is 0.387 e. The van der Waals surface area contributed by atoms with Gasteiger partial charge >= 0.3 is 6.61 Å². The molecule has 0 aliphatic heterocycles. The van der Waals surface area contributed by atoms with Crippen molar-refractivity contribution < 1.29 is 13.5 Å². The summed E-state index contributed by atoms with van der Waals surface area (Å²) >= 11 is 4.90. The lowest BCUT2D eigenvalue weighted by Gasteiger charge is -2.12. The number of halogens is 3. The predicted octanol–water partition coefficient (Wildman–Crippen LogP) is 4.88. The van der Waals surface area contributed by atoms with Crippen LogP contribution in [0.5, 0.6) is 5.75 Å². The molecule has 0 aliphatic carbocycles. The highest BCUT2D eigenvalue weighted by atomic mass is 79.9. The zero-order valence-electron chi connectivity index (χ0n) is 13.6. The van der Waals surface area contributed by atoms with Crippen molar-refractivity contribution in [3.8, 4) is 17.1 Å². The van der Waals surface area contributed by atoms with Gasteiger partial charge in [-0.25, -0.2) is 4.68 Å². The van der Waals surface area contributed by atoms with Crippen LogP contribution < -0.4 is 10.6 Å². The maximum atomic E-state index is 12.2. The lowest BCUT2D eigenvalue weighted by atomic mass is 10.2. The number of hydrogen-bond acceptors (Lipinski definition) is 5. The molecule has 0 aliphatic rings. The van der Waals surface area contributed by atoms with Gasteiger partial charge in [0.15, 0.2) is 5.82 Å². The first kappa shape index (κ1) is 18.7. The van der Waals surface area contributed by atoms with E-state index in [0.717, 1.165) is 15.6 Å². The summed E-state index contributed by atoms with van der Waals surface area (Å²) in [5.41, 5.74) is 1.78. The first-order chi connectivity index (χ1) is 12.5. The van der Waals surface area contributed by atoms with E-state index in [1.807, 2.05) is 31.2 Å². The Morgan fingerprint density at radius 1 is 1.12 bits per heavy atom. The van der Waals surface area contributed by atoms with Crippen molar-refractivity contribution >= 4 is 27.7 Å². The van der Waals surface area contributed by atoms with Gasteiger partial charge in [-0.3, -0.25) is 0 Å². The average molecular weight is 441 g/mol. The number of benzene rings is 2. The summed E-state index contributed by atoms with van der Waals surface area (Å²) in [6, 6.07) is 14.1. The molecule has 2 N–H and O–H groups in total. The third-order valence-electron chi connectivity index (χ3n) is 3.64. The highest BCUT2D eigenvalue weighted by Gasteiger charge is 2.17. The molecule has 0 spiro atoms. The Labute approximate surface area is 161 Å². The summed E-state index contributed by atoms with van der Waals surface area (Å²) in [5.74, 6) is 6.83. The van der Waals surface area contributed by atoms with Gasteiger partial charge in [0.1, 0.15) is 5.75 Å². The normalized spacial score (nSPS) is 12.3. The van der Waals surface area contributed by atoms with Crippen LogP contribution in [0.3, 0.4) is 0 Å². The van der Waals surface area contributed by atoms with Crippen LogP contribution >= 0.6 is 27.7 Å². The number of thioether (sulfide) groups is 1. The molecule has 0 amide bonds. The van der Waals surface area contributed by atoms with Crippen LogP contribution in [0.4, 0.5) is 8.78 Å². The Hall–Kier alpha value is -2.13. The van der Waals surface area contributed by atoms with Crippen molar-refractivity contribution in [2.24, 2.45) is 0 Å². The average Bonchev–Trinajstić information content (AvgIpc) is 2.96. The Kier molecular flexibility index (Phi) is 5.77. The van der Waals surface area contributed by atoms with Crippen molar-refractivity contribution in [2.45, 2.75) is 23.9 Å². The summed E-state index contributed by atoms with van der Waals surface area (Å²) in [5, 5.41) is 8.88. The molecule has 9 heteroatoms. The number of ether oxygens (including phenoxy) is 1. The minimum absolute atomic E-state index is 0.00540. The molecule has 136 valence electrons. The Bertz CT molecular complexity index is 889. The fraction of sp³-hybridized carbons (Fsp3) is 0.176. The molecule has 0 saturated heterocycles. The van der Waals surface area contributed by atoms with Gasteiger partial charge in [0, 0.05) is 15.3 Å². The summed E-state index contributed by atoms with van der Waals surface area (Å²) < 4.78 is 31.1. The van der Waals surface area contributed by atoms with Crippen LogP contribution in [0.2, 0.25) is 0 Å². The van der Waals surface area contributed by atoms with Gasteiger partial charge in [-0.1, -0.05) is 52.0 Å². The standard InChI is InChI=1S/C17H15BrF2N4OS/c1-10(11-6-8-12(9-7-11)25-16(19)20)26-17-23-22-15(24(17)21)13-4-2-3-5-14(13)18/h2-10,16H,21H2,1H3. The quantitative estimate of drug-likeness (QED) is 0.437. The maximum Gasteiger partial charge on any atom is 0.387 e. The highest BCUT2D eigenvalue weighted by Crippen LogP contribution is 2.36. The molecule has 3 rings (SSSR count).